The molecule has 0 radical (unpaired) electrons. The SMILES string of the molecule is Cn1c(=NC(=O)C2CCCN(S(=O)(=O)c3ccccc3)C2)sc2ccc(Cl)c(Cl)c21. The smallest absolute Gasteiger partial charge is 0.252 e. The minimum absolute atomic E-state index is 0.126. The molecule has 0 N–H and O–H groups in total. The predicted molar refractivity (Wildman–Crippen MR) is 119 cm³/mol. The minimum atomic E-state index is -3.64. The highest BCUT2D eigenvalue weighted by Crippen LogP contribution is 2.31. The Balaban J connectivity index is 1.62. The van der Waals surface area contributed by atoms with Gasteiger partial charge in [-0.3, -0.25) is 4.79 Å². The highest BCUT2D eigenvalue weighted by molar-refractivity contribution is 7.89. The van der Waals surface area contributed by atoms with Gasteiger partial charge >= 0.3 is 0 Å². The van der Waals surface area contributed by atoms with Gasteiger partial charge in [0.25, 0.3) is 5.91 Å². The Kier molecular flexibility index (Phi) is 6.05. The molecule has 10 heteroatoms. The molecule has 1 atom stereocenters. The molecule has 158 valence electrons. The number of sulfonamides is 1. The molecular formula is C20H19Cl2N3O3S2. The number of halogens is 2. The normalized spacial score (nSPS) is 18.8. The Bertz CT molecular complexity index is 1280. The van der Waals surface area contributed by atoms with Gasteiger partial charge in [0.1, 0.15) is 0 Å². The number of carbonyl (C=O) groups excluding carboxylic acids is 1. The summed E-state index contributed by atoms with van der Waals surface area (Å²) in [5.41, 5.74) is 0.720. The van der Waals surface area contributed by atoms with Gasteiger partial charge in [-0.15, -0.1) is 0 Å². The summed E-state index contributed by atoms with van der Waals surface area (Å²) < 4.78 is 29.8. The topological polar surface area (TPSA) is 71.7 Å². The van der Waals surface area contributed by atoms with Crippen molar-refractivity contribution in [2.45, 2.75) is 17.7 Å². The number of nitrogens with zero attached hydrogens (tertiary/aromatic N) is 3. The van der Waals surface area contributed by atoms with E-state index in [0.29, 0.717) is 34.2 Å². The summed E-state index contributed by atoms with van der Waals surface area (Å²) >= 11 is 13.8. The van der Waals surface area contributed by atoms with Crippen molar-refractivity contribution < 1.29 is 13.2 Å². The molecule has 0 spiro atoms. The molecule has 1 aromatic heterocycles. The summed E-state index contributed by atoms with van der Waals surface area (Å²) in [7, 11) is -1.86. The lowest BCUT2D eigenvalue weighted by molar-refractivity contribution is -0.122. The van der Waals surface area contributed by atoms with Crippen LogP contribution < -0.4 is 4.80 Å². The second-order valence-corrected chi connectivity index (χ2v) is 10.8. The Morgan fingerprint density at radius 3 is 2.63 bits per heavy atom. The first-order valence-electron chi connectivity index (χ1n) is 9.36. The van der Waals surface area contributed by atoms with E-state index in [0.717, 1.165) is 10.2 Å². The number of hydrogen-bond donors (Lipinski definition) is 0. The van der Waals surface area contributed by atoms with Gasteiger partial charge < -0.3 is 4.57 Å². The van der Waals surface area contributed by atoms with Crippen LogP contribution in [0.5, 0.6) is 0 Å². The third-order valence-electron chi connectivity index (χ3n) is 5.18. The van der Waals surface area contributed by atoms with Crippen molar-refractivity contribution in [3.8, 4) is 0 Å². The summed E-state index contributed by atoms with van der Waals surface area (Å²) in [6.07, 6.45) is 1.21. The van der Waals surface area contributed by atoms with Gasteiger partial charge in [-0.25, -0.2) is 8.42 Å². The number of aromatic nitrogens is 1. The average Bonchev–Trinajstić information content (AvgIpc) is 3.07. The molecule has 3 aromatic rings. The van der Waals surface area contributed by atoms with E-state index in [9.17, 15) is 13.2 Å². The van der Waals surface area contributed by atoms with E-state index in [1.807, 2.05) is 6.07 Å². The zero-order valence-corrected chi connectivity index (χ0v) is 19.2. The lowest BCUT2D eigenvalue weighted by atomic mass is 9.99. The molecule has 0 saturated carbocycles. The van der Waals surface area contributed by atoms with Crippen molar-refractivity contribution in [1.82, 2.24) is 8.87 Å². The van der Waals surface area contributed by atoms with Crippen LogP contribution >= 0.6 is 34.5 Å². The highest BCUT2D eigenvalue weighted by Gasteiger charge is 2.33. The predicted octanol–water partition coefficient (Wildman–Crippen LogP) is 4.07. The average molecular weight is 484 g/mol. The fourth-order valence-corrected chi connectivity index (χ4v) is 6.64. The summed E-state index contributed by atoms with van der Waals surface area (Å²) in [6.45, 7) is 0.520. The quantitative estimate of drug-likeness (QED) is 0.563. The van der Waals surface area contributed by atoms with E-state index in [1.165, 1.54) is 15.6 Å². The van der Waals surface area contributed by atoms with Crippen LogP contribution in [0.15, 0.2) is 52.4 Å². The number of amides is 1. The van der Waals surface area contributed by atoms with E-state index in [2.05, 4.69) is 4.99 Å². The molecule has 4 rings (SSSR count). The molecule has 1 unspecified atom stereocenters. The molecule has 0 aliphatic carbocycles. The molecule has 1 aliphatic heterocycles. The van der Waals surface area contributed by atoms with Crippen LogP contribution in [-0.2, 0) is 21.9 Å². The molecule has 6 nitrogen and oxygen atoms in total. The third-order valence-corrected chi connectivity index (χ3v) is 8.95. The molecule has 1 saturated heterocycles. The Morgan fingerprint density at radius 2 is 1.90 bits per heavy atom. The lowest BCUT2D eigenvalue weighted by Gasteiger charge is -2.30. The van der Waals surface area contributed by atoms with Crippen LogP contribution in [0.4, 0.5) is 0 Å². The molecule has 1 amide bonds. The monoisotopic (exact) mass is 483 g/mol. The number of carbonyl (C=O) groups is 1. The first kappa shape index (κ1) is 21.5. The van der Waals surface area contributed by atoms with Crippen LogP contribution in [0, 0.1) is 5.92 Å². The molecule has 1 aliphatic rings. The van der Waals surface area contributed by atoms with Gasteiger partial charge in [0.15, 0.2) is 4.80 Å². The van der Waals surface area contributed by atoms with Crippen LogP contribution in [0.1, 0.15) is 12.8 Å². The van der Waals surface area contributed by atoms with Crippen LogP contribution in [-0.4, -0.2) is 36.3 Å². The van der Waals surface area contributed by atoms with E-state index in [1.54, 1.807) is 48.0 Å². The van der Waals surface area contributed by atoms with E-state index < -0.39 is 15.9 Å². The zero-order valence-electron chi connectivity index (χ0n) is 16.1. The van der Waals surface area contributed by atoms with Gasteiger partial charge in [-0.1, -0.05) is 52.7 Å². The second kappa shape index (κ2) is 8.43. The Hall–Kier alpha value is -1.71. The molecule has 2 aromatic carbocycles. The second-order valence-electron chi connectivity index (χ2n) is 7.12. The molecule has 30 heavy (non-hydrogen) atoms. The van der Waals surface area contributed by atoms with Crippen molar-refractivity contribution >= 4 is 60.7 Å². The van der Waals surface area contributed by atoms with Gasteiger partial charge in [0, 0.05) is 20.1 Å². The van der Waals surface area contributed by atoms with E-state index >= 15 is 0 Å². The summed E-state index contributed by atoms with van der Waals surface area (Å²) in [5, 5.41) is 0.851. The van der Waals surface area contributed by atoms with Gasteiger partial charge in [-0.2, -0.15) is 9.30 Å². The van der Waals surface area contributed by atoms with Crippen molar-refractivity contribution in [2.75, 3.05) is 13.1 Å². The van der Waals surface area contributed by atoms with E-state index in [-0.39, 0.29) is 17.3 Å². The zero-order chi connectivity index (χ0) is 21.5. The largest absolute Gasteiger partial charge is 0.318 e. The molecule has 0 bridgehead atoms. The van der Waals surface area contributed by atoms with Gasteiger partial charge in [0.05, 0.1) is 31.1 Å². The Morgan fingerprint density at radius 1 is 1.17 bits per heavy atom. The first-order valence-corrected chi connectivity index (χ1v) is 12.4. The van der Waals surface area contributed by atoms with Crippen molar-refractivity contribution in [1.29, 1.82) is 0 Å². The molecule has 1 fully saturated rings. The highest BCUT2D eigenvalue weighted by atomic mass is 35.5. The molecule has 2 heterocycles. The minimum Gasteiger partial charge on any atom is -0.318 e. The third kappa shape index (κ3) is 3.94. The first-order chi connectivity index (χ1) is 14.3. The number of aryl methyl sites for hydroxylation is 1. The fourth-order valence-electron chi connectivity index (χ4n) is 3.57. The maximum atomic E-state index is 12.9. The Labute approximate surface area is 188 Å². The lowest BCUT2D eigenvalue weighted by Crippen LogP contribution is -2.42. The van der Waals surface area contributed by atoms with Crippen LogP contribution in [0.2, 0.25) is 10.0 Å². The van der Waals surface area contributed by atoms with Gasteiger partial charge in [-0.05, 0) is 37.1 Å². The number of fused-ring (bicyclic) bond motifs is 1. The number of thiazole rings is 1. The summed E-state index contributed by atoms with van der Waals surface area (Å²) in [4.78, 5) is 17.9. The number of hydrogen-bond acceptors (Lipinski definition) is 4. The van der Waals surface area contributed by atoms with E-state index in [4.69, 9.17) is 23.2 Å². The summed E-state index contributed by atoms with van der Waals surface area (Å²) in [5.74, 6) is -0.811. The summed E-state index contributed by atoms with van der Waals surface area (Å²) in [6, 6.07) is 11.8. The van der Waals surface area contributed by atoms with Crippen molar-refractivity contribution in [2.24, 2.45) is 18.0 Å². The maximum absolute atomic E-state index is 12.9. The fraction of sp³-hybridized carbons (Fsp3) is 0.300. The van der Waals surface area contributed by atoms with Gasteiger partial charge in [0.2, 0.25) is 10.0 Å². The van der Waals surface area contributed by atoms with Crippen molar-refractivity contribution in [3.63, 3.8) is 0 Å². The molecular weight excluding hydrogens is 465 g/mol. The number of rotatable bonds is 3. The van der Waals surface area contributed by atoms with Crippen LogP contribution in [0.3, 0.4) is 0 Å². The number of benzene rings is 2. The number of piperidine rings is 1. The standard InChI is InChI=1S/C20H19Cl2N3O3S2/c1-24-18-16(10-9-15(21)17(18)22)29-20(24)23-19(26)13-6-5-11-25(12-13)30(27,28)14-7-3-2-4-8-14/h2-4,7-10,13H,5-6,11-12H2,1H3. The maximum Gasteiger partial charge on any atom is 0.252 e. The van der Waals surface area contributed by atoms with Crippen LogP contribution in [0.25, 0.3) is 10.2 Å². The van der Waals surface area contributed by atoms with Crippen molar-refractivity contribution in [3.05, 3.63) is 57.3 Å².